The largest absolute Gasteiger partial charge is 0.507 e. The number of thiazole rings is 1. The van der Waals surface area contributed by atoms with Crippen LogP contribution >= 0.6 is 11.3 Å². The molecule has 18 heteroatoms. The summed E-state index contributed by atoms with van der Waals surface area (Å²) in [5.74, 6) is -0.430. The second kappa shape index (κ2) is 21.6. The van der Waals surface area contributed by atoms with E-state index >= 15 is 0 Å². The number of ether oxygens (including phenoxy) is 1. The third-order valence-electron chi connectivity index (χ3n) is 13.7. The highest BCUT2D eigenvalue weighted by Crippen LogP contribution is 2.35. The fourth-order valence-corrected chi connectivity index (χ4v) is 10.3. The molecule has 6 heterocycles. The number of piperazine rings is 1. The Labute approximate surface area is 417 Å². The number of likely N-dealkylation sites (tertiary alicyclic amines) is 1. The topological polar surface area (TPSA) is 214 Å². The lowest BCUT2D eigenvalue weighted by Crippen LogP contribution is -2.48. The maximum Gasteiger partial charge on any atom is 0.254 e. The Morgan fingerprint density at radius 2 is 1.65 bits per heavy atom. The number of hydrogen-bond donors (Lipinski definition) is 4. The molecule has 7 aromatic rings. The average Bonchev–Trinajstić information content (AvgIpc) is 4.21. The van der Waals surface area contributed by atoms with Gasteiger partial charge in [0.2, 0.25) is 11.8 Å². The maximum atomic E-state index is 14.2. The SMILES string of the molecule is Cc1ncsc1-c1ccc([C@H](C)NC(=O)[C@@H]2C[C@@H](O)CN2C(=O)[C@@H](c2cc(OCCN3CCN(Cc4ccc(C(C)n5cc(-c6cc(-c7ccccc7O)nnc6N)cn5)cc4)CC3)no2)C(C)C)cc1. The molecule has 2 saturated heterocycles. The van der Waals surface area contributed by atoms with Gasteiger partial charge in [-0.2, -0.15) is 5.10 Å². The van der Waals surface area contributed by atoms with Crippen LogP contribution in [0.25, 0.3) is 32.8 Å². The fourth-order valence-electron chi connectivity index (χ4n) is 9.51. The van der Waals surface area contributed by atoms with Crippen LogP contribution < -0.4 is 15.8 Å². The molecule has 0 bridgehead atoms. The van der Waals surface area contributed by atoms with Crippen molar-refractivity contribution in [3.05, 3.63) is 131 Å². The van der Waals surface area contributed by atoms with Crippen LogP contribution in [0.1, 0.15) is 80.3 Å². The Morgan fingerprint density at radius 1 is 0.915 bits per heavy atom. The highest BCUT2D eigenvalue weighted by Gasteiger charge is 2.43. The fraction of sp³-hybridized carbons (Fsp3) is 0.377. The highest BCUT2D eigenvalue weighted by atomic mass is 32.1. The third-order valence-corrected chi connectivity index (χ3v) is 14.7. The summed E-state index contributed by atoms with van der Waals surface area (Å²) in [5, 5.41) is 41.3. The van der Waals surface area contributed by atoms with Gasteiger partial charge in [-0.15, -0.1) is 21.5 Å². The summed E-state index contributed by atoms with van der Waals surface area (Å²) in [6.45, 7) is 15.5. The van der Waals surface area contributed by atoms with E-state index in [0.717, 1.165) is 65.5 Å². The Balaban J connectivity index is 0.725. The smallest absolute Gasteiger partial charge is 0.254 e. The number of benzene rings is 3. The molecule has 1 unspecified atom stereocenters. The molecule has 2 amide bonds. The van der Waals surface area contributed by atoms with Gasteiger partial charge in [-0.05, 0) is 72.3 Å². The number of aromatic hydroxyl groups is 1. The molecule has 4 aromatic heterocycles. The zero-order valence-electron chi connectivity index (χ0n) is 40.7. The second-order valence-corrected chi connectivity index (χ2v) is 19.8. The van der Waals surface area contributed by atoms with Crippen molar-refractivity contribution >= 4 is 29.0 Å². The minimum atomic E-state index is -0.829. The van der Waals surface area contributed by atoms with E-state index < -0.39 is 18.1 Å². The molecule has 0 spiro atoms. The predicted octanol–water partition coefficient (Wildman–Crippen LogP) is 7.10. The van der Waals surface area contributed by atoms with E-state index in [1.807, 2.05) is 80.5 Å². The van der Waals surface area contributed by atoms with Gasteiger partial charge in [0.05, 0.1) is 46.2 Å². The number of nitrogens with one attached hydrogen (secondary N) is 1. The molecule has 0 radical (unpaired) electrons. The monoisotopic (exact) mass is 979 g/mol. The minimum Gasteiger partial charge on any atom is -0.507 e. The number of amides is 2. The van der Waals surface area contributed by atoms with E-state index in [1.54, 1.807) is 41.8 Å². The van der Waals surface area contributed by atoms with Crippen LogP contribution in [0.5, 0.6) is 11.6 Å². The van der Waals surface area contributed by atoms with Crippen LogP contribution in [0.15, 0.2) is 107 Å². The number of carbonyl (C=O) groups is 2. The van der Waals surface area contributed by atoms with Crippen LogP contribution in [-0.2, 0) is 16.1 Å². The number of nitrogen functional groups attached to an aromatic ring is 1. The van der Waals surface area contributed by atoms with Gasteiger partial charge in [-0.1, -0.05) is 74.5 Å². The van der Waals surface area contributed by atoms with Crippen LogP contribution in [0.2, 0.25) is 0 Å². The number of phenols is 1. The molecule has 0 aliphatic carbocycles. The number of aryl methyl sites for hydroxylation is 1. The van der Waals surface area contributed by atoms with Crippen LogP contribution in [0, 0.1) is 12.8 Å². The lowest BCUT2D eigenvalue weighted by molar-refractivity contribution is -0.141. The van der Waals surface area contributed by atoms with Gasteiger partial charge >= 0.3 is 0 Å². The van der Waals surface area contributed by atoms with Crippen molar-refractivity contribution in [3.63, 3.8) is 0 Å². The van der Waals surface area contributed by atoms with E-state index in [2.05, 4.69) is 71.7 Å². The lowest BCUT2D eigenvalue weighted by Gasteiger charge is -2.34. The summed E-state index contributed by atoms with van der Waals surface area (Å²) in [5.41, 5.74) is 16.0. The van der Waals surface area contributed by atoms with Crippen molar-refractivity contribution in [2.24, 2.45) is 5.92 Å². The number of hydrogen-bond acceptors (Lipinski definition) is 15. The van der Waals surface area contributed by atoms with E-state index in [9.17, 15) is 19.8 Å². The number of β-amino-alcohol motifs (C(OH)–C–C–N with tert-alkyl or cyclic N) is 1. The molecular weight excluding hydrogens is 919 g/mol. The number of aliphatic hydroxyl groups excluding tert-OH is 1. The number of para-hydroxylation sites is 1. The summed E-state index contributed by atoms with van der Waals surface area (Å²) < 4.78 is 13.7. The molecule has 9 rings (SSSR count). The van der Waals surface area contributed by atoms with E-state index in [0.29, 0.717) is 41.6 Å². The molecule has 5 atom stereocenters. The van der Waals surface area contributed by atoms with Crippen molar-refractivity contribution < 1.29 is 29.1 Å². The summed E-state index contributed by atoms with van der Waals surface area (Å²) >= 11 is 1.59. The Kier molecular flexibility index (Phi) is 14.9. The normalized spacial score (nSPS) is 17.9. The summed E-state index contributed by atoms with van der Waals surface area (Å²) in [6.07, 6.45) is 3.05. The molecule has 2 fully saturated rings. The van der Waals surface area contributed by atoms with Gasteiger partial charge in [0.15, 0.2) is 11.6 Å². The average molecular weight is 980 g/mol. The first-order chi connectivity index (χ1) is 34.3. The molecule has 3 aromatic carbocycles. The predicted molar refractivity (Wildman–Crippen MR) is 271 cm³/mol. The molecule has 5 N–H and O–H groups in total. The number of aliphatic hydroxyl groups is 1. The van der Waals surface area contributed by atoms with Crippen molar-refractivity contribution in [1.82, 2.24) is 50.1 Å². The van der Waals surface area contributed by atoms with Crippen molar-refractivity contribution in [2.45, 2.75) is 77.7 Å². The van der Waals surface area contributed by atoms with Crippen LogP contribution in [-0.4, -0.2) is 125 Å². The third kappa shape index (κ3) is 11.2. The number of phenolic OH excluding ortho intramolecular Hbond substituents is 1. The van der Waals surface area contributed by atoms with Crippen molar-refractivity contribution in [2.75, 3.05) is 51.6 Å². The standard InChI is InChI=1S/C53H61N11O6S/c1-32(2)49(53(68)63-30-41(65)24-45(63)52(67)57-33(3)37-14-16-39(17-15-37)50-34(4)55-31-71-50)47-26-48(60-70-47)69-23-22-61-18-20-62(21-19-61)28-36-10-12-38(13-11-36)35(5)64-29-40(27-56-64)43-25-44(58-59-51(43)54)42-8-6-7-9-46(42)66/h6-17,25-27,29,31-33,35,41,45,49,65-66H,18-24,28,30H2,1-5H3,(H2,54,59)(H,57,67)/t33-,35?,41+,45-,49+/m0/s1. The van der Waals surface area contributed by atoms with Crippen molar-refractivity contribution in [1.29, 1.82) is 0 Å². The summed E-state index contributed by atoms with van der Waals surface area (Å²) in [6, 6.07) is 26.0. The first-order valence-electron chi connectivity index (χ1n) is 24.2. The molecule has 2 aliphatic rings. The van der Waals surface area contributed by atoms with E-state index in [-0.39, 0.29) is 54.3 Å². The number of anilines is 1. The van der Waals surface area contributed by atoms with Crippen LogP contribution in [0.3, 0.4) is 0 Å². The quantitative estimate of drug-likeness (QED) is 0.0717. The number of carbonyl (C=O) groups excluding carboxylic acids is 2. The van der Waals surface area contributed by atoms with Gasteiger partial charge in [0, 0.05) is 81.2 Å². The molecular formula is C53H61N11O6S. The number of nitrogens with two attached hydrogens (primary N) is 1. The molecule has 0 saturated carbocycles. The molecule has 370 valence electrons. The van der Waals surface area contributed by atoms with Crippen molar-refractivity contribution in [3.8, 4) is 44.5 Å². The Bertz CT molecular complexity index is 2930. The lowest BCUT2D eigenvalue weighted by atomic mass is 9.91. The second-order valence-electron chi connectivity index (χ2n) is 18.9. The zero-order valence-corrected chi connectivity index (χ0v) is 41.5. The summed E-state index contributed by atoms with van der Waals surface area (Å²) in [4.78, 5) is 39.7. The van der Waals surface area contributed by atoms with Gasteiger partial charge in [0.1, 0.15) is 24.3 Å². The van der Waals surface area contributed by atoms with Gasteiger partial charge in [-0.3, -0.25) is 24.1 Å². The first-order valence-corrected chi connectivity index (χ1v) is 25.1. The molecule has 71 heavy (non-hydrogen) atoms. The summed E-state index contributed by atoms with van der Waals surface area (Å²) in [7, 11) is 0. The molecule has 17 nitrogen and oxygen atoms in total. The van der Waals surface area contributed by atoms with E-state index in [1.165, 1.54) is 10.5 Å². The number of nitrogens with zero attached hydrogens (tertiary/aromatic N) is 9. The Morgan fingerprint density at radius 3 is 2.37 bits per heavy atom. The first kappa shape index (κ1) is 49.0. The van der Waals surface area contributed by atoms with Gasteiger partial charge < -0.3 is 35.4 Å². The highest BCUT2D eigenvalue weighted by molar-refractivity contribution is 7.13. The maximum absolute atomic E-state index is 14.2. The Hall–Kier alpha value is -6.99. The zero-order chi connectivity index (χ0) is 49.8. The van der Waals surface area contributed by atoms with Crippen LogP contribution in [0.4, 0.5) is 5.82 Å². The molecule has 2 aliphatic heterocycles. The minimum absolute atomic E-state index is 0.0254. The number of rotatable bonds is 17. The van der Waals surface area contributed by atoms with E-state index in [4.69, 9.17) is 15.0 Å². The van der Waals surface area contributed by atoms with Gasteiger partial charge in [0.25, 0.3) is 5.88 Å². The van der Waals surface area contributed by atoms with Gasteiger partial charge in [-0.25, -0.2) is 4.98 Å². The number of aromatic nitrogens is 6.